The molecule has 3 nitrogen and oxygen atoms in total. The zero-order chi connectivity index (χ0) is 11.1. The lowest BCUT2D eigenvalue weighted by atomic mass is 10.1. The van der Waals surface area contributed by atoms with Gasteiger partial charge in [0.05, 0.1) is 5.69 Å². The van der Waals surface area contributed by atoms with Crippen molar-refractivity contribution in [1.29, 1.82) is 0 Å². The van der Waals surface area contributed by atoms with Crippen LogP contribution in [0, 0.1) is 0 Å². The van der Waals surface area contributed by atoms with E-state index < -0.39 is 0 Å². The van der Waals surface area contributed by atoms with Crippen molar-refractivity contribution in [2.24, 2.45) is 0 Å². The van der Waals surface area contributed by atoms with E-state index in [1.54, 1.807) is 7.11 Å². The van der Waals surface area contributed by atoms with Gasteiger partial charge in [-0.15, -0.1) is 0 Å². The molecule has 0 aliphatic carbocycles. The van der Waals surface area contributed by atoms with E-state index in [4.69, 9.17) is 4.74 Å². The van der Waals surface area contributed by atoms with Gasteiger partial charge in [-0.25, -0.2) is 0 Å². The molecule has 0 fully saturated rings. The van der Waals surface area contributed by atoms with Crippen molar-refractivity contribution in [2.75, 3.05) is 13.7 Å². The summed E-state index contributed by atoms with van der Waals surface area (Å²) in [6, 6.07) is 6.73. The van der Waals surface area contributed by atoms with Crippen molar-refractivity contribution in [3.05, 3.63) is 30.1 Å². The third-order valence-electron chi connectivity index (χ3n) is 2.42. The minimum Gasteiger partial charge on any atom is -0.385 e. The summed E-state index contributed by atoms with van der Waals surface area (Å²) in [5.41, 5.74) is 1.08. The second-order valence-electron chi connectivity index (χ2n) is 3.83. The minimum atomic E-state index is 0.290. The standard InChI is InChI=1S/C12H20N2O/c1-10(7-9-15-3)14-11(2)12-6-4-5-8-13-12/h4-6,8,10-11,14H,7,9H2,1-3H3/t10?,11-/m1/s1. The van der Waals surface area contributed by atoms with Crippen molar-refractivity contribution < 1.29 is 4.74 Å². The molecule has 1 heterocycles. The normalized spacial score (nSPS) is 14.9. The Balaban J connectivity index is 2.38. The minimum absolute atomic E-state index is 0.290. The van der Waals surface area contributed by atoms with Gasteiger partial charge in [0.2, 0.25) is 0 Å². The van der Waals surface area contributed by atoms with E-state index in [2.05, 4.69) is 24.1 Å². The molecule has 1 aromatic rings. The molecule has 0 aliphatic rings. The molecule has 0 bridgehead atoms. The van der Waals surface area contributed by atoms with Crippen LogP contribution in [0.1, 0.15) is 32.0 Å². The second kappa shape index (κ2) is 6.53. The van der Waals surface area contributed by atoms with Crippen molar-refractivity contribution in [3.63, 3.8) is 0 Å². The first-order valence-electron chi connectivity index (χ1n) is 5.40. The quantitative estimate of drug-likeness (QED) is 0.778. The molecule has 1 rings (SSSR count). The highest BCUT2D eigenvalue weighted by Gasteiger charge is 2.09. The lowest BCUT2D eigenvalue weighted by molar-refractivity contribution is 0.183. The Hall–Kier alpha value is -0.930. The molecular formula is C12H20N2O. The maximum absolute atomic E-state index is 5.04. The predicted molar refractivity (Wildman–Crippen MR) is 61.7 cm³/mol. The van der Waals surface area contributed by atoms with Crippen LogP contribution in [-0.4, -0.2) is 24.7 Å². The fraction of sp³-hybridized carbons (Fsp3) is 0.583. The fourth-order valence-electron chi connectivity index (χ4n) is 1.52. The van der Waals surface area contributed by atoms with Gasteiger partial charge in [0.1, 0.15) is 0 Å². The molecule has 2 atom stereocenters. The number of nitrogens with zero attached hydrogens (tertiary/aromatic N) is 1. The number of hydrogen-bond donors (Lipinski definition) is 1. The Morgan fingerprint density at radius 1 is 1.40 bits per heavy atom. The number of aromatic nitrogens is 1. The van der Waals surface area contributed by atoms with E-state index in [1.807, 2.05) is 24.4 Å². The van der Waals surface area contributed by atoms with Crippen molar-refractivity contribution in [1.82, 2.24) is 10.3 Å². The zero-order valence-electron chi connectivity index (χ0n) is 9.73. The van der Waals surface area contributed by atoms with E-state index in [1.165, 1.54) is 0 Å². The summed E-state index contributed by atoms with van der Waals surface area (Å²) >= 11 is 0. The van der Waals surface area contributed by atoms with Crippen LogP contribution in [0.2, 0.25) is 0 Å². The Morgan fingerprint density at radius 3 is 2.80 bits per heavy atom. The summed E-state index contributed by atoms with van der Waals surface area (Å²) in [6.07, 6.45) is 2.85. The third-order valence-corrected chi connectivity index (χ3v) is 2.42. The molecule has 0 amide bonds. The summed E-state index contributed by atoms with van der Waals surface area (Å²) in [6.45, 7) is 5.09. The van der Waals surface area contributed by atoms with Gasteiger partial charge in [-0.1, -0.05) is 6.07 Å². The highest BCUT2D eigenvalue weighted by Crippen LogP contribution is 2.09. The monoisotopic (exact) mass is 208 g/mol. The SMILES string of the molecule is COCCC(C)N[C@H](C)c1ccccn1. The number of ether oxygens (including phenoxy) is 1. The van der Waals surface area contributed by atoms with Gasteiger partial charge < -0.3 is 10.1 Å². The molecule has 0 aromatic carbocycles. The number of hydrogen-bond acceptors (Lipinski definition) is 3. The van der Waals surface area contributed by atoms with Crippen LogP contribution in [0.5, 0.6) is 0 Å². The molecule has 1 aromatic heterocycles. The summed E-state index contributed by atoms with van der Waals surface area (Å²) in [5, 5.41) is 3.49. The average Bonchev–Trinajstić information content (AvgIpc) is 2.27. The molecule has 0 saturated heterocycles. The Labute approximate surface area is 91.9 Å². The van der Waals surface area contributed by atoms with E-state index >= 15 is 0 Å². The van der Waals surface area contributed by atoms with Gasteiger partial charge in [0.15, 0.2) is 0 Å². The summed E-state index contributed by atoms with van der Waals surface area (Å²) in [5.74, 6) is 0. The fourth-order valence-corrected chi connectivity index (χ4v) is 1.52. The third kappa shape index (κ3) is 4.40. The molecule has 1 unspecified atom stereocenters. The van der Waals surface area contributed by atoms with Gasteiger partial charge in [0.25, 0.3) is 0 Å². The lowest BCUT2D eigenvalue weighted by Gasteiger charge is -2.19. The van der Waals surface area contributed by atoms with Crippen LogP contribution >= 0.6 is 0 Å². The van der Waals surface area contributed by atoms with Crippen LogP contribution < -0.4 is 5.32 Å². The molecule has 0 spiro atoms. The van der Waals surface area contributed by atoms with Crippen LogP contribution in [-0.2, 0) is 4.74 Å². The zero-order valence-corrected chi connectivity index (χ0v) is 9.73. The molecule has 0 aliphatic heterocycles. The number of nitrogens with one attached hydrogen (secondary N) is 1. The molecule has 84 valence electrons. The second-order valence-corrected chi connectivity index (χ2v) is 3.83. The van der Waals surface area contributed by atoms with E-state index in [9.17, 15) is 0 Å². The Kier molecular flexibility index (Phi) is 5.29. The smallest absolute Gasteiger partial charge is 0.0570 e. The van der Waals surface area contributed by atoms with Gasteiger partial charge in [-0.3, -0.25) is 4.98 Å². The maximum atomic E-state index is 5.04. The van der Waals surface area contributed by atoms with Crippen LogP contribution in [0.25, 0.3) is 0 Å². The van der Waals surface area contributed by atoms with Crippen molar-refractivity contribution in [2.45, 2.75) is 32.4 Å². The molecule has 3 heteroatoms. The molecular weight excluding hydrogens is 188 g/mol. The first kappa shape index (κ1) is 12.1. The Bertz CT molecular complexity index is 264. The number of methoxy groups -OCH3 is 1. The van der Waals surface area contributed by atoms with Crippen LogP contribution in [0.3, 0.4) is 0 Å². The summed E-state index contributed by atoms with van der Waals surface area (Å²) < 4.78 is 5.04. The van der Waals surface area contributed by atoms with E-state index in [0.717, 1.165) is 18.7 Å². The van der Waals surface area contributed by atoms with Gasteiger partial charge >= 0.3 is 0 Å². The van der Waals surface area contributed by atoms with Gasteiger partial charge in [0, 0.05) is 32.0 Å². The van der Waals surface area contributed by atoms with Crippen molar-refractivity contribution >= 4 is 0 Å². The predicted octanol–water partition coefficient (Wildman–Crippen LogP) is 2.16. The Morgan fingerprint density at radius 2 is 2.20 bits per heavy atom. The first-order valence-corrected chi connectivity index (χ1v) is 5.40. The number of rotatable bonds is 6. The first-order chi connectivity index (χ1) is 7.24. The lowest BCUT2D eigenvalue weighted by Crippen LogP contribution is -2.30. The van der Waals surface area contributed by atoms with Gasteiger partial charge in [-0.2, -0.15) is 0 Å². The highest BCUT2D eigenvalue weighted by atomic mass is 16.5. The van der Waals surface area contributed by atoms with E-state index in [-0.39, 0.29) is 6.04 Å². The van der Waals surface area contributed by atoms with E-state index in [0.29, 0.717) is 6.04 Å². The maximum Gasteiger partial charge on any atom is 0.0570 e. The average molecular weight is 208 g/mol. The highest BCUT2D eigenvalue weighted by molar-refractivity contribution is 5.07. The molecule has 1 N–H and O–H groups in total. The van der Waals surface area contributed by atoms with Gasteiger partial charge in [-0.05, 0) is 32.4 Å². The summed E-state index contributed by atoms with van der Waals surface area (Å²) in [7, 11) is 1.73. The largest absolute Gasteiger partial charge is 0.385 e. The van der Waals surface area contributed by atoms with Crippen LogP contribution in [0.15, 0.2) is 24.4 Å². The van der Waals surface area contributed by atoms with Crippen molar-refractivity contribution in [3.8, 4) is 0 Å². The topological polar surface area (TPSA) is 34.1 Å². The molecule has 15 heavy (non-hydrogen) atoms. The summed E-state index contributed by atoms with van der Waals surface area (Å²) in [4.78, 5) is 4.32. The molecule has 0 radical (unpaired) electrons. The number of pyridine rings is 1. The molecule has 0 saturated carbocycles. The van der Waals surface area contributed by atoms with Crippen LogP contribution in [0.4, 0.5) is 0 Å².